The molecule has 0 aromatic carbocycles. The van der Waals surface area contributed by atoms with Gasteiger partial charge in [-0.3, -0.25) is 4.79 Å². The monoisotopic (exact) mass is 370 g/mol. The molecule has 0 heterocycles. The Bertz CT molecular complexity index is 324. The summed E-state index contributed by atoms with van der Waals surface area (Å²) in [7, 11) is 3.07. The maximum absolute atomic E-state index is 11.6. The molecule has 0 aromatic heterocycles. The minimum atomic E-state index is -0.465. The normalized spacial score (nSPS) is 11.5. The number of hydrogen-bond acceptors (Lipinski definition) is 4. The molecule has 0 amide bonds. The summed E-state index contributed by atoms with van der Waals surface area (Å²) in [6.45, 7) is 2.43. The molecular weight excluding hydrogens is 328 g/mol. The highest BCUT2D eigenvalue weighted by atomic mass is 16.7. The summed E-state index contributed by atoms with van der Waals surface area (Å²) in [6, 6.07) is 0. The number of rotatable bonds is 19. The van der Waals surface area contributed by atoms with Gasteiger partial charge in [0, 0.05) is 20.6 Å². The lowest BCUT2D eigenvalue weighted by atomic mass is 10.1. The number of carbonyl (C=O) groups excluding carboxylic acids is 1. The largest absolute Gasteiger partial charge is 0.460 e. The standard InChI is InChI=1S/C22H42O4/c1-4-5-6-7-8-9-10-11-12-13-14-15-16-17-18-19-21(23)26-20-22(24-2)25-3/h11-12,22H,4-10,13-20H2,1-3H3. The van der Waals surface area contributed by atoms with Crippen LogP contribution in [0.3, 0.4) is 0 Å². The molecule has 4 nitrogen and oxygen atoms in total. The second-order valence-electron chi connectivity index (χ2n) is 6.92. The lowest BCUT2D eigenvalue weighted by Gasteiger charge is -2.13. The zero-order valence-corrected chi connectivity index (χ0v) is 17.5. The predicted octanol–water partition coefficient (Wildman–Crippen LogP) is 6.19. The molecule has 154 valence electrons. The van der Waals surface area contributed by atoms with Gasteiger partial charge in [-0.15, -0.1) is 0 Å². The molecule has 0 aliphatic rings. The second-order valence-corrected chi connectivity index (χ2v) is 6.92. The van der Waals surface area contributed by atoms with Crippen LogP contribution >= 0.6 is 0 Å². The highest BCUT2D eigenvalue weighted by Gasteiger charge is 2.09. The average molecular weight is 371 g/mol. The molecule has 0 fully saturated rings. The molecule has 0 saturated carbocycles. The fourth-order valence-electron chi connectivity index (χ4n) is 2.81. The molecule has 0 unspecified atom stereocenters. The third-order valence-electron chi connectivity index (χ3n) is 4.55. The summed E-state index contributed by atoms with van der Waals surface area (Å²) >= 11 is 0. The molecule has 0 atom stereocenters. The lowest BCUT2D eigenvalue weighted by molar-refractivity contribution is -0.166. The fourth-order valence-corrected chi connectivity index (χ4v) is 2.81. The van der Waals surface area contributed by atoms with E-state index in [9.17, 15) is 4.79 Å². The van der Waals surface area contributed by atoms with Crippen LogP contribution in [0, 0.1) is 0 Å². The predicted molar refractivity (Wildman–Crippen MR) is 108 cm³/mol. The van der Waals surface area contributed by atoms with Crippen LogP contribution in [0.2, 0.25) is 0 Å². The molecule has 0 N–H and O–H groups in total. The number of hydrogen-bond donors (Lipinski definition) is 0. The van der Waals surface area contributed by atoms with Crippen molar-refractivity contribution in [2.24, 2.45) is 0 Å². The van der Waals surface area contributed by atoms with E-state index in [-0.39, 0.29) is 12.6 Å². The summed E-state index contributed by atoms with van der Waals surface area (Å²) in [5, 5.41) is 0. The zero-order chi connectivity index (χ0) is 19.3. The van der Waals surface area contributed by atoms with Gasteiger partial charge < -0.3 is 14.2 Å². The van der Waals surface area contributed by atoms with E-state index in [1.165, 1.54) is 84.8 Å². The summed E-state index contributed by atoms with van der Waals surface area (Å²) in [5.74, 6) is -0.165. The molecule has 0 bridgehead atoms. The minimum absolute atomic E-state index is 0.164. The van der Waals surface area contributed by atoms with Crippen molar-refractivity contribution in [2.75, 3.05) is 20.8 Å². The highest BCUT2D eigenvalue weighted by Crippen LogP contribution is 2.10. The van der Waals surface area contributed by atoms with E-state index in [1.54, 1.807) is 0 Å². The lowest BCUT2D eigenvalue weighted by Crippen LogP contribution is -2.22. The Kier molecular flexibility index (Phi) is 19.8. The van der Waals surface area contributed by atoms with Gasteiger partial charge in [-0.05, 0) is 32.1 Å². The van der Waals surface area contributed by atoms with Crippen LogP contribution in [0.1, 0.15) is 96.8 Å². The van der Waals surface area contributed by atoms with Gasteiger partial charge >= 0.3 is 5.97 Å². The molecule has 0 rings (SSSR count). The van der Waals surface area contributed by atoms with Crippen molar-refractivity contribution < 1.29 is 19.0 Å². The zero-order valence-electron chi connectivity index (χ0n) is 17.5. The van der Waals surface area contributed by atoms with Gasteiger partial charge in [0.1, 0.15) is 6.61 Å². The molecule has 0 aliphatic carbocycles. The van der Waals surface area contributed by atoms with Gasteiger partial charge in [-0.1, -0.05) is 70.4 Å². The smallest absolute Gasteiger partial charge is 0.305 e. The van der Waals surface area contributed by atoms with Gasteiger partial charge in [0.05, 0.1) is 0 Å². The van der Waals surface area contributed by atoms with Crippen molar-refractivity contribution in [2.45, 2.75) is 103 Å². The molecule has 26 heavy (non-hydrogen) atoms. The SMILES string of the molecule is CCCCCCCCC=CCCCCCCCC(=O)OCC(OC)OC. The summed E-state index contributed by atoms with van der Waals surface area (Å²) in [5.41, 5.74) is 0. The summed E-state index contributed by atoms with van der Waals surface area (Å²) < 4.78 is 15.1. The van der Waals surface area contributed by atoms with Crippen LogP contribution in [0.5, 0.6) is 0 Å². The molecule has 4 heteroatoms. The Hall–Kier alpha value is -0.870. The number of carbonyl (C=O) groups is 1. The van der Waals surface area contributed by atoms with Gasteiger partial charge in [0.25, 0.3) is 0 Å². The molecular formula is C22H42O4. The van der Waals surface area contributed by atoms with E-state index in [0.29, 0.717) is 6.42 Å². The third kappa shape index (κ3) is 17.9. The van der Waals surface area contributed by atoms with Crippen LogP contribution in [-0.2, 0) is 19.0 Å². The topological polar surface area (TPSA) is 44.8 Å². The first kappa shape index (κ1) is 25.1. The summed E-state index contributed by atoms with van der Waals surface area (Å²) in [6.07, 6.45) is 21.0. The van der Waals surface area contributed by atoms with E-state index in [0.717, 1.165) is 12.8 Å². The van der Waals surface area contributed by atoms with E-state index in [4.69, 9.17) is 14.2 Å². The quantitative estimate of drug-likeness (QED) is 0.118. The Balaban J connectivity index is 3.28. The first-order valence-electron chi connectivity index (χ1n) is 10.6. The van der Waals surface area contributed by atoms with Crippen LogP contribution in [-0.4, -0.2) is 33.1 Å². The van der Waals surface area contributed by atoms with Crippen molar-refractivity contribution >= 4 is 5.97 Å². The Morgan fingerprint density at radius 2 is 1.27 bits per heavy atom. The minimum Gasteiger partial charge on any atom is -0.460 e. The van der Waals surface area contributed by atoms with E-state index in [2.05, 4.69) is 19.1 Å². The Labute approximate surface area is 161 Å². The highest BCUT2D eigenvalue weighted by molar-refractivity contribution is 5.69. The van der Waals surface area contributed by atoms with E-state index >= 15 is 0 Å². The number of esters is 1. The van der Waals surface area contributed by atoms with E-state index < -0.39 is 6.29 Å². The average Bonchev–Trinajstić information content (AvgIpc) is 2.65. The molecule has 0 spiro atoms. The van der Waals surface area contributed by atoms with Crippen molar-refractivity contribution in [1.82, 2.24) is 0 Å². The number of methoxy groups -OCH3 is 2. The van der Waals surface area contributed by atoms with Crippen LogP contribution < -0.4 is 0 Å². The van der Waals surface area contributed by atoms with Crippen molar-refractivity contribution in [3.05, 3.63) is 12.2 Å². The number of allylic oxidation sites excluding steroid dienone is 2. The number of unbranched alkanes of at least 4 members (excludes halogenated alkanes) is 11. The van der Waals surface area contributed by atoms with Crippen LogP contribution in [0.15, 0.2) is 12.2 Å². The van der Waals surface area contributed by atoms with Gasteiger partial charge in [-0.25, -0.2) is 0 Å². The maximum atomic E-state index is 11.6. The van der Waals surface area contributed by atoms with Crippen molar-refractivity contribution in [3.63, 3.8) is 0 Å². The summed E-state index contributed by atoms with van der Waals surface area (Å²) in [4.78, 5) is 11.6. The molecule has 0 aromatic rings. The van der Waals surface area contributed by atoms with E-state index in [1.807, 2.05) is 0 Å². The maximum Gasteiger partial charge on any atom is 0.305 e. The first-order chi connectivity index (χ1) is 12.7. The third-order valence-corrected chi connectivity index (χ3v) is 4.55. The van der Waals surface area contributed by atoms with Crippen LogP contribution in [0.25, 0.3) is 0 Å². The van der Waals surface area contributed by atoms with Gasteiger partial charge in [0.15, 0.2) is 6.29 Å². The Morgan fingerprint density at radius 3 is 1.81 bits per heavy atom. The first-order valence-corrected chi connectivity index (χ1v) is 10.6. The second kappa shape index (κ2) is 20.4. The van der Waals surface area contributed by atoms with Crippen LogP contribution in [0.4, 0.5) is 0 Å². The molecule has 0 saturated heterocycles. The van der Waals surface area contributed by atoms with Gasteiger partial charge in [0.2, 0.25) is 0 Å². The van der Waals surface area contributed by atoms with Gasteiger partial charge in [-0.2, -0.15) is 0 Å². The fraction of sp³-hybridized carbons (Fsp3) is 0.864. The number of ether oxygens (including phenoxy) is 3. The molecule has 0 radical (unpaired) electrons. The van der Waals surface area contributed by atoms with Crippen molar-refractivity contribution in [1.29, 1.82) is 0 Å². The van der Waals surface area contributed by atoms with Crippen molar-refractivity contribution in [3.8, 4) is 0 Å². The Morgan fingerprint density at radius 1 is 0.769 bits per heavy atom. The molecule has 0 aliphatic heterocycles.